The van der Waals surface area contributed by atoms with Crippen molar-refractivity contribution in [3.8, 4) is 11.5 Å². The summed E-state index contributed by atoms with van der Waals surface area (Å²) < 4.78 is 6.72. The normalized spacial score (nSPS) is 17.2. The number of nitrogens with zero attached hydrogens (tertiary/aromatic N) is 2. The van der Waals surface area contributed by atoms with E-state index >= 15 is 0 Å². The van der Waals surface area contributed by atoms with Gasteiger partial charge in [-0.15, -0.1) is 11.3 Å². The number of hydrogen-bond acceptors (Lipinski definition) is 7. The fraction of sp³-hybridized carbons (Fsp3) is 0.286. The number of carbonyl (C=O) groups is 2. The van der Waals surface area contributed by atoms with Gasteiger partial charge in [0.05, 0.1) is 21.2 Å². The molecular formula is C21H21N3O5S. The molecule has 2 unspecified atom stereocenters. The van der Waals surface area contributed by atoms with E-state index in [0.717, 1.165) is 4.70 Å². The van der Waals surface area contributed by atoms with Gasteiger partial charge >= 0.3 is 0 Å². The zero-order valence-electron chi connectivity index (χ0n) is 16.2. The summed E-state index contributed by atoms with van der Waals surface area (Å²) in [4.78, 5) is 30.8. The van der Waals surface area contributed by atoms with Crippen molar-refractivity contribution >= 4 is 33.4 Å². The SMILES string of the molecule is CNC(=O)C(O)c1ccc(Oc2ccnc3cc(C(=O)N4CCC(O)C4)sc23)cc1. The summed E-state index contributed by atoms with van der Waals surface area (Å²) in [5.41, 5.74) is 1.12. The molecule has 3 heterocycles. The number of likely N-dealkylation sites (N-methyl/N-ethyl adjacent to an activating group) is 1. The van der Waals surface area contributed by atoms with Crippen LogP contribution in [-0.4, -0.2) is 58.2 Å². The van der Waals surface area contributed by atoms with Crippen LogP contribution < -0.4 is 10.1 Å². The molecule has 3 N–H and O–H groups in total. The van der Waals surface area contributed by atoms with E-state index in [9.17, 15) is 19.8 Å². The van der Waals surface area contributed by atoms with Crippen molar-refractivity contribution in [1.29, 1.82) is 0 Å². The predicted molar refractivity (Wildman–Crippen MR) is 112 cm³/mol. The third-order valence-corrected chi connectivity index (χ3v) is 6.08. The van der Waals surface area contributed by atoms with Crippen molar-refractivity contribution in [2.45, 2.75) is 18.6 Å². The average Bonchev–Trinajstić information content (AvgIpc) is 3.39. The summed E-state index contributed by atoms with van der Waals surface area (Å²) in [6, 6.07) is 10.0. The first-order valence-electron chi connectivity index (χ1n) is 9.49. The molecule has 3 aromatic rings. The van der Waals surface area contributed by atoms with E-state index in [0.29, 0.717) is 47.0 Å². The first-order valence-corrected chi connectivity index (χ1v) is 10.3. The number of aliphatic hydroxyl groups is 2. The smallest absolute Gasteiger partial charge is 0.264 e. The van der Waals surface area contributed by atoms with Gasteiger partial charge in [0.15, 0.2) is 6.10 Å². The molecule has 0 saturated carbocycles. The van der Waals surface area contributed by atoms with Crippen LogP contribution in [0.15, 0.2) is 42.6 Å². The molecule has 1 aliphatic heterocycles. The summed E-state index contributed by atoms with van der Waals surface area (Å²) in [6.45, 7) is 0.886. The maximum atomic E-state index is 12.7. The summed E-state index contributed by atoms with van der Waals surface area (Å²) in [6.07, 6.45) is 0.493. The molecule has 30 heavy (non-hydrogen) atoms. The summed E-state index contributed by atoms with van der Waals surface area (Å²) in [5, 5.41) is 22.0. The number of aromatic nitrogens is 1. The Balaban J connectivity index is 1.55. The first-order chi connectivity index (χ1) is 14.5. The van der Waals surface area contributed by atoms with Crippen LogP contribution in [-0.2, 0) is 4.79 Å². The number of benzene rings is 1. The Hall–Kier alpha value is -3.01. The molecule has 1 fully saturated rings. The largest absolute Gasteiger partial charge is 0.456 e. The minimum atomic E-state index is -1.24. The lowest BCUT2D eigenvalue weighted by Gasteiger charge is -2.13. The minimum absolute atomic E-state index is 0.118. The zero-order chi connectivity index (χ0) is 21.3. The predicted octanol–water partition coefficient (Wildman–Crippen LogP) is 2.07. The average molecular weight is 427 g/mol. The van der Waals surface area contributed by atoms with Gasteiger partial charge in [-0.3, -0.25) is 14.6 Å². The number of amides is 2. The number of likely N-dealkylation sites (tertiary alicyclic amines) is 1. The van der Waals surface area contributed by atoms with Crippen LogP contribution >= 0.6 is 11.3 Å². The number of rotatable bonds is 5. The Bertz CT molecular complexity index is 1080. The first kappa shape index (κ1) is 20.3. The van der Waals surface area contributed by atoms with E-state index in [-0.39, 0.29) is 5.91 Å². The monoisotopic (exact) mass is 427 g/mol. The molecule has 0 radical (unpaired) electrons. The number of thiophene rings is 1. The molecule has 2 atom stereocenters. The van der Waals surface area contributed by atoms with Crippen LogP contribution in [0.25, 0.3) is 10.2 Å². The van der Waals surface area contributed by atoms with Gasteiger partial charge in [-0.1, -0.05) is 12.1 Å². The lowest BCUT2D eigenvalue weighted by atomic mass is 10.1. The number of hydrogen-bond donors (Lipinski definition) is 3. The van der Waals surface area contributed by atoms with E-state index in [1.807, 2.05) is 0 Å². The van der Waals surface area contributed by atoms with Crippen molar-refractivity contribution in [3.63, 3.8) is 0 Å². The highest BCUT2D eigenvalue weighted by Gasteiger charge is 2.27. The summed E-state index contributed by atoms with van der Waals surface area (Å²) >= 11 is 1.30. The third kappa shape index (κ3) is 4.00. The Morgan fingerprint density at radius 3 is 2.73 bits per heavy atom. The number of ether oxygens (including phenoxy) is 1. The van der Waals surface area contributed by atoms with E-state index < -0.39 is 18.1 Å². The molecule has 9 heteroatoms. The number of fused-ring (bicyclic) bond motifs is 1. The van der Waals surface area contributed by atoms with Gasteiger partial charge < -0.3 is 25.2 Å². The number of aliphatic hydroxyl groups excluding tert-OH is 2. The third-order valence-electron chi connectivity index (χ3n) is 4.96. The van der Waals surface area contributed by atoms with E-state index in [4.69, 9.17) is 4.74 Å². The zero-order valence-corrected chi connectivity index (χ0v) is 17.1. The fourth-order valence-corrected chi connectivity index (χ4v) is 4.35. The lowest BCUT2D eigenvalue weighted by molar-refractivity contribution is -0.129. The molecular weight excluding hydrogens is 406 g/mol. The van der Waals surface area contributed by atoms with Gasteiger partial charge in [-0.25, -0.2) is 0 Å². The standard InChI is InChI=1S/C21H21N3O5S/c1-22-20(27)18(26)12-2-4-14(5-3-12)29-16-6-8-23-15-10-17(30-19(15)16)21(28)24-9-7-13(25)11-24/h2-6,8,10,13,18,25-26H,7,9,11H2,1H3,(H,22,27). The quantitative estimate of drug-likeness (QED) is 0.575. The molecule has 4 rings (SSSR count). The maximum absolute atomic E-state index is 12.7. The molecule has 1 aromatic carbocycles. The van der Waals surface area contributed by atoms with E-state index in [2.05, 4.69) is 10.3 Å². The van der Waals surface area contributed by atoms with Crippen LogP contribution in [0.5, 0.6) is 11.5 Å². The fourth-order valence-electron chi connectivity index (χ4n) is 3.32. The Kier molecular flexibility index (Phi) is 5.67. The van der Waals surface area contributed by atoms with Gasteiger partial charge in [-0.05, 0) is 30.2 Å². The highest BCUT2D eigenvalue weighted by Crippen LogP contribution is 2.36. The summed E-state index contributed by atoms with van der Waals surface area (Å²) in [7, 11) is 1.46. The van der Waals surface area contributed by atoms with Gasteiger partial charge in [0, 0.05) is 32.4 Å². The van der Waals surface area contributed by atoms with Gasteiger partial charge in [0.1, 0.15) is 11.5 Å². The Morgan fingerprint density at radius 1 is 1.30 bits per heavy atom. The second-order valence-electron chi connectivity index (χ2n) is 7.02. The van der Waals surface area contributed by atoms with Crippen molar-refractivity contribution in [3.05, 3.63) is 53.0 Å². The minimum Gasteiger partial charge on any atom is -0.456 e. The van der Waals surface area contributed by atoms with Crippen LogP contribution in [0, 0.1) is 0 Å². The molecule has 1 aliphatic rings. The molecule has 2 amide bonds. The van der Waals surface area contributed by atoms with Crippen molar-refractivity contribution < 1.29 is 24.5 Å². The number of β-amino-alcohol motifs (C(OH)–C–C–N with tert-alkyl or cyclic N) is 1. The van der Waals surface area contributed by atoms with Crippen molar-refractivity contribution in [2.24, 2.45) is 0 Å². The van der Waals surface area contributed by atoms with Gasteiger partial charge in [-0.2, -0.15) is 0 Å². The van der Waals surface area contributed by atoms with Crippen LogP contribution in [0.3, 0.4) is 0 Å². The summed E-state index contributed by atoms with van der Waals surface area (Å²) in [5.74, 6) is 0.484. The van der Waals surface area contributed by atoms with E-state index in [1.54, 1.807) is 47.5 Å². The second-order valence-corrected chi connectivity index (χ2v) is 8.07. The Morgan fingerprint density at radius 2 is 2.07 bits per heavy atom. The number of carbonyl (C=O) groups excluding carboxylic acids is 2. The van der Waals surface area contributed by atoms with Crippen LogP contribution in [0.4, 0.5) is 0 Å². The molecule has 0 aliphatic carbocycles. The van der Waals surface area contributed by atoms with E-state index in [1.165, 1.54) is 18.4 Å². The van der Waals surface area contributed by atoms with Gasteiger partial charge in [0.25, 0.3) is 11.8 Å². The maximum Gasteiger partial charge on any atom is 0.264 e. The molecule has 0 bridgehead atoms. The number of nitrogens with one attached hydrogen (secondary N) is 1. The second kappa shape index (κ2) is 8.39. The van der Waals surface area contributed by atoms with Crippen LogP contribution in [0.2, 0.25) is 0 Å². The van der Waals surface area contributed by atoms with Gasteiger partial charge in [0.2, 0.25) is 0 Å². The molecule has 156 valence electrons. The molecule has 2 aromatic heterocycles. The lowest BCUT2D eigenvalue weighted by Crippen LogP contribution is -2.28. The molecule has 1 saturated heterocycles. The van der Waals surface area contributed by atoms with Crippen LogP contribution in [0.1, 0.15) is 27.8 Å². The molecule has 8 nitrogen and oxygen atoms in total. The van der Waals surface area contributed by atoms with Crippen molar-refractivity contribution in [2.75, 3.05) is 20.1 Å². The van der Waals surface area contributed by atoms with Crippen molar-refractivity contribution in [1.82, 2.24) is 15.2 Å². The highest BCUT2D eigenvalue weighted by atomic mass is 32.1. The number of pyridine rings is 1. The highest BCUT2D eigenvalue weighted by molar-refractivity contribution is 7.21. The topological polar surface area (TPSA) is 112 Å². The Labute approximate surface area is 176 Å². The molecule has 0 spiro atoms.